The number of carbonyl (C=O) groups excluding carboxylic acids is 2. The van der Waals surface area contributed by atoms with Gasteiger partial charge < -0.3 is 27.7 Å². The number of ether oxygens (including phenoxy) is 1. The molecule has 8 N–H and O–H groups in total. The van der Waals surface area contributed by atoms with E-state index in [0.717, 1.165) is 0 Å². The number of rotatable bonds is 7. The molecule has 92 valence electrons. The van der Waals surface area contributed by atoms with Gasteiger partial charge in [-0.15, -0.1) is 0 Å². The minimum atomic E-state index is -0.798. The molecule has 8 heteroatoms. The second-order valence-electron chi connectivity index (χ2n) is 3.13. The SMILES string of the molecule is NC(=O)COC(=O)[C@@H](N)CCCN=C(N)N. The van der Waals surface area contributed by atoms with Gasteiger partial charge in [-0.2, -0.15) is 0 Å². The lowest BCUT2D eigenvalue weighted by molar-refractivity contribution is -0.149. The molecule has 0 heterocycles. The van der Waals surface area contributed by atoms with Crippen molar-refractivity contribution in [1.82, 2.24) is 0 Å². The van der Waals surface area contributed by atoms with Gasteiger partial charge in [0.05, 0.1) is 0 Å². The van der Waals surface area contributed by atoms with Crippen LogP contribution in [0.4, 0.5) is 0 Å². The number of primary amides is 1. The van der Waals surface area contributed by atoms with Gasteiger partial charge >= 0.3 is 5.97 Å². The Hall–Kier alpha value is -1.83. The number of guanidine groups is 1. The third kappa shape index (κ3) is 7.56. The molecule has 0 bridgehead atoms. The molecule has 0 aromatic carbocycles. The van der Waals surface area contributed by atoms with Gasteiger partial charge in [0.15, 0.2) is 12.6 Å². The molecule has 0 aromatic heterocycles. The molecule has 0 fully saturated rings. The lowest BCUT2D eigenvalue weighted by atomic mass is 10.2. The number of aliphatic imine (C=N–C) groups is 1. The summed E-state index contributed by atoms with van der Waals surface area (Å²) in [5, 5.41) is 0. The summed E-state index contributed by atoms with van der Waals surface area (Å²) < 4.78 is 4.52. The molecule has 0 saturated carbocycles. The van der Waals surface area contributed by atoms with Crippen molar-refractivity contribution in [2.24, 2.45) is 27.9 Å². The van der Waals surface area contributed by atoms with Crippen LogP contribution in [-0.4, -0.2) is 37.0 Å². The van der Waals surface area contributed by atoms with E-state index in [1.807, 2.05) is 0 Å². The van der Waals surface area contributed by atoms with E-state index in [2.05, 4.69) is 9.73 Å². The van der Waals surface area contributed by atoms with Crippen molar-refractivity contribution in [3.05, 3.63) is 0 Å². The van der Waals surface area contributed by atoms with Gasteiger partial charge in [0.1, 0.15) is 6.04 Å². The van der Waals surface area contributed by atoms with E-state index < -0.39 is 24.5 Å². The first-order chi connectivity index (χ1) is 7.43. The predicted octanol–water partition coefficient (Wildman–Crippen LogP) is -2.60. The molecule has 1 amide bonds. The fraction of sp³-hybridized carbons (Fsp3) is 0.625. The quantitative estimate of drug-likeness (QED) is 0.162. The summed E-state index contributed by atoms with van der Waals surface area (Å²) in [6.45, 7) is -0.0699. The minimum absolute atomic E-state index is 0.00937. The van der Waals surface area contributed by atoms with Crippen LogP contribution in [0, 0.1) is 0 Å². The highest BCUT2D eigenvalue weighted by Gasteiger charge is 2.14. The number of esters is 1. The van der Waals surface area contributed by atoms with E-state index in [1.54, 1.807) is 0 Å². The Morgan fingerprint density at radius 3 is 2.38 bits per heavy atom. The van der Waals surface area contributed by atoms with E-state index in [9.17, 15) is 9.59 Å². The second-order valence-corrected chi connectivity index (χ2v) is 3.13. The largest absolute Gasteiger partial charge is 0.454 e. The van der Waals surface area contributed by atoms with Gasteiger partial charge in [-0.05, 0) is 12.8 Å². The van der Waals surface area contributed by atoms with Crippen molar-refractivity contribution in [2.75, 3.05) is 13.2 Å². The molecule has 0 aliphatic carbocycles. The van der Waals surface area contributed by atoms with Crippen LogP contribution in [0.5, 0.6) is 0 Å². The van der Waals surface area contributed by atoms with E-state index in [-0.39, 0.29) is 5.96 Å². The highest BCUT2D eigenvalue weighted by atomic mass is 16.5. The fourth-order valence-corrected chi connectivity index (χ4v) is 0.887. The van der Waals surface area contributed by atoms with Gasteiger partial charge in [0.2, 0.25) is 0 Å². The van der Waals surface area contributed by atoms with Crippen LogP contribution in [-0.2, 0) is 14.3 Å². The Morgan fingerprint density at radius 1 is 1.25 bits per heavy atom. The number of nitrogens with zero attached hydrogens (tertiary/aromatic N) is 1. The number of amides is 1. The Morgan fingerprint density at radius 2 is 1.88 bits per heavy atom. The monoisotopic (exact) mass is 231 g/mol. The molecule has 8 nitrogen and oxygen atoms in total. The maximum Gasteiger partial charge on any atom is 0.323 e. The molecular formula is C8H17N5O3. The molecule has 1 atom stereocenters. The average Bonchev–Trinajstić information content (AvgIpc) is 2.20. The summed E-state index contributed by atoms with van der Waals surface area (Å²) in [7, 11) is 0. The minimum Gasteiger partial charge on any atom is -0.454 e. The highest BCUT2D eigenvalue weighted by molar-refractivity contribution is 5.81. The third-order valence-corrected chi connectivity index (χ3v) is 1.63. The van der Waals surface area contributed by atoms with Crippen LogP contribution < -0.4 is 22.9 Å². The molecule has 0 unspecified atom stereocenters. The van der Waals surface area contributed by atoms with E-state index in [1.165, 1.54) is 0 Å². The first-order valence-corrected chi connectivity index (χ1v) is 4.69. The van der Waals surface area contributed by atoms with Crippen molar-refractivity contribution in [2.45, 2.75) is 18.9 Å². The molecule has 0 saturated heterocycles. The standard InChI is InChI=1S/C8H17N5O3/c9-5(2-1-3-13-8(11)12)7(15)16-4-6(10)14/h5H,1-4,9H2,(H2,10,14)(H4,11,12,13)/t5-/m0/s1. The molecule has 0 spiro atoms. The fourth-order valence-electron chi connectivity index (χ4n) is 0.887. The number of hydrogen-bond acceptors (Lipinski definition) is 5. The zero-order chi connectivity index (χ0) is 12.6. The summed E-state index contributed by atoms with van der Waals surface area (Å²) >= 11 is 0. The maximum absolute atomic E-state index is 11.1. The Bertz CT molecular complexity index is 275. The zero-order valence-corrected chi connectivity index (χ0v) is 8.89. The van der Waals surface area contributed by atoms with Crippen LogP contribution in [0.2, 0.25) is 0 Å². The zero-order valence-electron chi connectivity index (χ0n) is 8.89. The Kier molecular flexibility index (Phi) is 6.61. The number of carbonyl (C=O) groups is 2. The second kappa shape index (κ2) is 7.46. The molecule has 0 aromatic rings. The Balaban J connectivity index is 3.71. The molecule has 0 rings (SSSR count). The number of hydrogen-bond donors (Lipinski definition) is 4. The number of nitrogens with two attached hydrogens (primary N) is 4. The molecular weight excluding hydrogens is 214 g/mol. The van der Waals surface area contributed by atoms with Crippen molar-refractivity contribution < 1.29 is 14.3 Å². The summed E-state index contributed by atoms with van der Waals surface area (Å²) in [6, 6.07) is -0.798. The summed E-state index contributed by atoms with van der Waals surface area (Å²) in [5.41, 5.74) is 20.5. The molecule has 0 aliphatic heterocycles. The first kappa shape index (κ1) is 14.2. The van der Waals surface area contributed by atoms with Gasteiger partial charge in [0.25, 0.3) is 5.91 Å². The van der Waals surface area contributed by atoms with Gasteiger partial charge in [-0.3, -0.25) is 14.6 Å². The van der Waals surface area contributed by atoms with Crippen molar-refractivity contribution in [3.8, 4) is 0 Å². The summed E-state index contributed by atoms with van der Waals surface area (Å²) in [5.74, 6) is -1.39. The van der Waals surface area contributed by atoms with Crippen LogP contribution in [0.25, 0.3) is 0 Å². The van der Waals surface area contributed by atoms with E-state index in [4.69, 9.17) is 22.9 Å². The lowest BCUT2D eigenvalue weighted by Gasteiger charge is -2.09. The topological polar surface area (TPSA) is 160 Å². The lowest BCUT2D eigenvalue weighted by Crippen LogP contribution is -2.34. The summed E-state index contributed by atoms with van der Waals surface area (Å²) in [6.07, 6.45) is 0.916. The van der Waals surface area contributed by atoms with Gasteiger partial charge in [-0.1, -0.05) is 0 Å². The third-order valence-electron chi connectivity index (χ3n) is 1.63. The normalized spacial score (nSPS) is 11.6. The maximum atomic E-state index is 11.1. The smallest absolute Gasteiger partial charge is 0.323 e. The first-order valence-electron chi connectivity index (χ1n) is 4.69. The molecule has 16 heavy (non-hydrogen) atoms. The van der Waals surface area contributed by atoms with Gasteiger partial charge in [0, 0.05) is 6.54 Å². The Labute approximate surface area is 93.0 Å². The van der Waals surface area contributed by atoms with Crippen LogP contribution in [0.3, 0.4) is 0 Å². The molecule has 0 aliphatic rings. The summed E-state index contributed by atoms with van der Waals surface area (Å²) in [4.78, 5) is 25.2. The van der Waals surface area contributed by atoms with Crippen molar-refractivity contribution in [3.63, 3.8) is 0 Å². The highest BCUT2D eigenvalue weighted by Crippen LogP contribution is 1.97. The van der Waals surface area contributed by atoms with Crippen LogP contribution in [0.1, 0.15) is 12.8 Å². The van der Waals surface area contributed by atoms with E-state index >= 15 is 0 Å². The molecule has 0 radical (unpaired) electrons. The van der Waals surface area contributed by atoms with Crippen LogP contribution in [0.15, 0.2) is 4.99 Å². The van der Waals surface area contributed by atoms with E-state index in [0.29, 0.717) is 19.4 Å². The van der Waals surface area contributed by atoms with Gasteiger partial charge in [-0.25, -0.2) is 0 Å². The average molecular weight is 231 g/mol. The van der Waals surface area contributed by atoms with Crippen molar-refractivity contribution in [1.29, 1.82) is 0 Å². The van der Waals surface area contributed by atoms with Crippen LogP contribution >= 0.6 is 0 Å². The van der Waals surface area contributed by atoms with Crippen molar-refractivity contribution >= 4 is 17.8 Å². The predicted molar refractivity (Wildman–Crippen MR) is 58.0 cm³/mol.